The van der Waals surface area contributed by atoms with Gasteiger partial charge in [0.05, 0.1) is 12.6 Å². The Hall–Kier alpha value is -3.72. The van der Waals surface area contributed by atoms with Crippen LogP contribution in [0.25, 0.3) is 44.1 Å². The van der Waals surface area contributed by atoms with Crippen molar-refractivity contribution in [2.75, 3.05) is 12.8 Å². The number of para-hydroxylation sites is 2. The molecule has 0 amide bonds. The van der Waals surface area contributed by atoms with Gasteiger partial charge >= 0.3 is 0 Å². The number of ether oxygens (including phenoxy) is 1. The highest BCUT2D eigenvalue weighted by Gasteiger charge is 2.15. The van der Waals surface area contributed by atoms with Crippen LogP contribution in [0.2, 0.25) is 0 Å². The van der Waals surface area contributed by atoms with E-state index in [1.165, 1.54) is 16.3 Å². The second-order valence-electron chi connectivity index (χ2n) is 6.90. The van der Waals surface area contributed by atoms with Crippen molar-refractivity contribution in [1.29, 1.82) is 0 Å². The highest BCUT2D eigenvalue weighted by molar-refractivity contribution is 6.18. The number of aromatic amines is 1. The smallest absolute Gasteiger partial charge is 0.118 e. The zero-order valence-electron chi connectivity index (χ0n) is 15.6. The lowest BCUT2D eigenvalue weighted by atomic mass is 9.94. The Morgan fingerprint density at radius 1 is 0.714 bits per heavy atom. The second kappa shape index (κ2) is 6.46. The number of nitrogens with one attached hydrogen (secondary N) is 1. The second-order valence-corrected chi connectivity index (χ2v) is 6.90. The molecule has 0 saturated heterocycles. The van der Waals surface area contributed by atoms with Crippen molar-refractivity contribution in [2.45, 2.75) is 0 Å². The Morgan fingerprint density at radius 2 is 1.43 bits per heavy atom. The first-order valence-electron chi connectivity index (χ1n) is 9.29. The quantitative estimate of drug-likeness (QED) is 0.372. The molecule has 0 fully saturated rings. The van der Waals surface area contributed by atoms with Crippen molar-refractivity contribution in [1.82, 2.24) is 4.98 Å². The van der Waals surface area contributed by atoms with Gasteiger partial charge in [-0.1, -0.05) is 60.7 Å². The van der Waals surface area contributed by atoms with Crippen LogP contribution in [0, 0.1) is 0 Å². The van der Waals surface area contributed by atoms with Crippen LogP contribution in [-0.4, -0.2) is 12.1 Å². The minimum Gasteiger partial charge on any atom is -0.497 e. The lowest BCUT2D eigenvalue weighted by Crippen LogP contribution is -1.91. The van der Waals surface area contributed by atoms with E-state index in [4.69, 9.17) is 10.5 Å². The van der Waals surface area contributed by atoms with Gasteiger partial charge in [0.1, 0.15) is 5.75 Å². The first kappa shape index (κ1) is 16.5. The van der Waals surface area contributed by atoms with E-state index in [9.17, 15) is 0 Å². The maximum absolute atomic E-state index is 6.29. The van der Waals surface area contributed by atoms with Gasteiger partial charge in [-0.05, 0) is 35.4 Å². The molecule has 5 rings (SSSR count). The first-order chi connectivity index (χ1) is 13.8. The minimum atomic E-state index is 0.777. The van der Waals surface area contributed by atoms with Gasteiger partial charge in [-0.15, -0.1) is 0 Å². The molecule has 0 spiro atoms. The Bertz CT molecular complexity index is 1300. The van der Waals surface area contributed by atoms with Gasteiger partial charge in [0.2, 0.25) is 0 Å². The number of methoxy groups -OCH3 is 1. The molecule has 0 saturated carbocycles. The van der Waals surface area contributed by atoms with E-state index in [-0.39, 0.29) is 0 Å². The standard InChI is InChI=1S/C25H20N2O/c1-28-17-12-10-16(11-13-17)18-14-15-20(19-6-2-4-8-22(19)26)25-24(18)21-7-3-5-9-23(21)27-25/h2-15,27H,26H2,1H3. The number of hydrogen-bond acceptors (Lipinski definition) is 2. The number of anilines is 1. The van der Waals surface area contributed by atoms with Gasteiger partial charge in [-0.3, -0.25) is 0 Å². The average Bonchev–Trinajstić information content (AvgIpc) is 3.14. The van der Waals surface area contributed by atoms with Crippen LogP contribution in [0.1, 0.15) is 0 Å². The average molecular weight is 364 g/mol. The van der Waals surface area contributed by atoms with Gasteiger partial charge < -0.3 is 15.5 Å². The lowest BCUT2D eigenvalue weighted by molar-refractivity contribution is 0.415. The number of fused-ring (bicyclic) bond motifs is 3. The summed E-state index contributed by atoms with van der Waals surface area (Å²) in [5.74, 6) is 0.854. The molecule has 28 heavy (non-hydrogen) atoms. The Kier molecular flexibility index (Phi) is 3.80. The minimum absolute atomic E-state index is 0.777. The van der Waals surface area contributed by atoms with Crippen molar-refractivity contribution >= 4 is 27.5 Å². The fourth-order valence-corrected chi connectivity index (χ4v) is 3.93. The normalized spacial score (nSPS) is 11.2. The van der Waals surface area contributed by atoms with E-state index in [0.717, 1.165) is 39.2 Å². The molecule has 0 radical (unpaired) electrons. The molecular weight excluding hydrogens is 344 g/mol. The summed E-state index contributed by atoms with van der Waals surface area (Å²) < 4.78 is 5.32. The van der Waals surface area contributed by atoms with Crippen molar-refractivity contribution in [3.63, 3.8) is 0 Å². The zero-order chi connectivity index (χ0) is 19.1. The maximum Gasteiger partial charge on any atom is 0.118 e. The molecule has 0 aliphatic rings. The summed E-state index contributed by atoms with van der Waals surface area (Å²) in [4.78, 5) is 3.62. The predicted octanol–water partition coefficient (Wildman–Crippen LogP) is 6.25. The molecule has 1 aromatic heterocycles. The van der Waals surface area contributed by atoms with Crippen LogP contribution in [0.4, 0.5) is 5.69 Å². The van der Waals surface area contributed by atoms with Gasteiger partial charge in [0.25, 0.3) is 0 Å². The third-order valence-electron chi connectivity index (χ3n) is 5.31. The van der Waals surface area contributed by atoms with Crippen LogP contribution >= 0.6 is 0 Å². The van der Waals surface area contributed by atoms with Gasteiger partial charge in [-0.25, -0.2) is 0 Å². The van der Waals surface area contributed by atoms with E-state index in [0.29, 0.717) is 0 Å². The van der Waals surface area contributed by atoms with Crippen molar-refractivity contribution < 1.29 is 4.74 Å². The van der Waals surface area contributed by atoms with E-state index in [1.54, 1.807) is 7.11 Å². The zero-order valence-corrected chi connectivity index (χ0v) is 15.6. The summed E-state index contributed by atoms with van der Waals surface area (Å²) in [5, 5.41) is 2.42. The van der Waals surface area contributed by atoms with E-state index in [1.807, 2.05) is 30.3 Å². The summed E-state index contributed by atoms with van der Waals surface area (Å²) in [5.41, 5.74) is 13.8. The molecule has 0 aliphatic heterocycles. The topological polar surface area (TPSA) is 51.0 Å². The van der Waals surface area contributed by atoms with Crippen molar-refractivity contribution in [2.24, 2.45) is 0 Å². The van der Waals surface area contributed by atoms with Crippen molar-refractivity contribution in [3.8, 4) is 28.0 Å². The number of hydrogen-bond donors (Lipinski definition) is 2. The number of nitrogen functional groups attached to an aromatic ring is 1. The lowest BCUT2D eigenvalue weighted by Gasteiger charge is -2.11. The molecule has 0 aliphatic carbocycles. The highest BCUT2D eigenvalue weighted by atomic mass is 16.5. The van der Waals surface area contributed by atoms with Gasteiger partial charge in [0.15, 0.2) is 0 Å². The summed E-state index contributed by atoms with van der Waals surface area (Å²) in [7, 11) is 1.69. The summed E-state index contributed by atoms with van der Waals surface area (Å²) >= 11 is 0. The Labute approximate surface area is 163 Å². The van der Waals surface area contributed by atoms with E-state index >= 15 is 0 Å². The third kappa shape index (κ3) is 2.52. The van der Waals surface area contributed by atoms with Crippen LogP contribution in [0.5, 0.6) is 5.75 Å². The molecule has 136 valence electrons. The van der Waals surface area contributed by atoms with Crippen LogP contribution in [0.3, 0.4) is 0 Å². The van der Waals surface area contributed by atoms with E-state index < -0.39 is 0 Å². The van der Waals surface area contributed by atoms with Crippen molar-refractivity contribution in [3.05, 3.63) is 84.9 Å². The highest BCUT2D eigenvalue weighted by Crippen LogP contribution is 2.41. The maximum atomic E-state index is 6.29. The summed E-state index contributed by atoms with van der Waals surface area (Å²) in [6.07, 6.45) is 0. The Balaban J connectivity index is 1.85. The molecule has 0 bridgehead atoms. The number of rotatable bonds is 3. The van der Waals surface area contributed by atoms with Gasteiger partial charge in [0, 0.05) is 33.1 Å². The van der Waals surface area contributed by atoms with Crippen LogP contribution in [-0.2, 0) is 0 Å². The molecule has 5 aromatic rings. The number of H-pyrrole nitrogens is 1. The third-order valence-corrected chi connectivity index (χ3v) is 5.31. The van der Waals surface area contributed by atoms with Crippen LogP contribution < -0.4 is 10.5 Å². The first-order valence-corrected chi connectivity index (χ1v) is 9.29. The number of benzene rings is 4. The molecule has 4 aromatic carbocycles. The fraction of sp³-hybridized carbons (Fsp3) is 0.0400. The largest absolute Gasteiger partial charge is 0.497 e. The summed E-state index contributed by atoms with van der Waals surface area (Å²) in [6.45, 7) is 0. The molecule has 3 nitrogen and oxygen atoms in total. The fourth-order valence-electron chi connectivity index (χ4n) is 3.93. The molecule has 1 heterocycles. The molecule has 0 atom stereocenters. The molecular formula is C25H20N2O. The number of aromatic nitrogens is 1. The van der Waals surface area contributed by atoms with Gasteiger partial charge in [-0.2, -0.15) is 0 Å². The summed E-state index contributed by atoms with van der Waals surface area (Å²) in [6, 6.07) is 29.0. The van der Waals surface area contributed by atoms with Crippen LogP contribution in [0.15, 0.2) is 84.9 Å². The molecule has 0 unspecified atom stereocenters. The molecule has 3 N–H and O–H groups in total. The van der Waals surface area contributed by atoms with E-state index in [2.05, 4.69) is 59.6 Å². The SMILES string of the molecule is COc1ccc(-c2ccc(-c3ccccc3N)c3[nH]c4ccccc4c23)cc1. The monoisotopic (exact) mass is 364 g/mol. The number of nitrogens with two attached hydrogens (primary N) is 1. The Morgan fingerprint density at radius 3 is 2.21 bits per heavy atom. The molecule has 3 heteroatoms. The predicted molar refractivity (Wildman–Crippen MR) is 118 cm³/mol.